The number of hydrogen-bond acceptors (Lipinski definition) is 14. The Hall–Kier alpha value is -9.92. The zero-order valence-electron chi connectivity index (χ0n) is 60.8. The molecule has 2 aliphatic heterocycles. The van der Waals surface area contributed by atoms with E-state index in [0.29, 0.717) is 61.5 Å². The first-order valence-corrected chi connectivity index (χ1v) is 36.7. The van der Waals surface area contributed by atoms with Gasteiger partial charge >= 0.3 is 11.9 Å². The molecule has 17 nitrogen and oxygen atoms in total. The molecule has 2 aromatic heterocycles. The van der Waals surface area contributed by atoms with Crippen LogP contribution < -0.4 is 29.6 Å². The number of nitrogens with zero attached hydrogens (tertiary/aromatic N) is 7. The third kappa shape index (κ3) is 19.2. The molecule has 15 rings (SSSR count). The number of nitrogen functional groups attached to an aromatic ring is 1. The Morgan fingerprint density at radius 1 is 0.387 bits per heavy atom. The normalized spacial score (nSPS) is 16.6. The van der Waals surface area contributed by atoms with Gasteiger partial charge in [-0.15, -0.1) is 44.4 Å². The molecule has 4 aliphatic rings. The Balaban J connectivity index is 0.000000183. The van der Waals surface area contributed by atoms with Crippen LogP contribution in [0.2, 0.25) is 5.02 Å². The Kier molecular flexibility index (Phi) is 27.0. The van der Waals surface area contributed by atoms with Crippen molar-refractivity contribution in [2.75, 3.05) is 37.1 Å². The topological polar surface area (TPSA) is 205 Å². The summed E-state index contributed by atoms with van der Waals surface area (Å²) >= 11 is 5.54. The van der Waals surface area contributed by atoms with Crippen molar-refractivity contribution in [2.24, 2.45) is 47.3 Å². The van der Waals surface area contributed by atoms with Crippen LogP contribution in [0.25, 0.3) is 77.9 Å². The molecule has 0 radical (unpaired) electrons. The lowest BCUT2D eigenvalue weighted by molar-refractivity contribution is -0.153. The number of cyclic esters (lactones) is 2. The molecule has 0 spiro atoms. The molecule has 11 aromatic rings. The van der Waals surface area contributed by atoms with Crippen molar-refractivity contribution in [1.82, 2.24) is 30.0 Å². The summed E-state index contributed by atoms with van der Waals surface area (Å²) in [6, 6.07) is 65.4. The van der Waals surface area contributed by atoms with Crippen molar-refractivity contribution in [3.63, 3.8) is 0 Å². The lowest BCUT2D eigenvalue weighted by atomic mass is 9.81. The summed E-state index contributed by atoms with van der Waals surface area (Å²) in [6.45, 7) is 19.8. The number of imide groups is 1. The maximum absolute atomic E-state index is 13.2. The number of amides is 2. The second kappa shape index (κ2) is 36.4. The van der Waals surface area contributed by atoms with Gasteiger partial charge in [0.25, 0.3) is 0 Å². The van der Waals surface area contributed by atoms with Crippen LogP contribution in [0.3, 0.4) is 0 Å². The van der Waals surface area contributed by atoms with E-state index in [1.807, 2.05) is 127 Å². The molecule has 4 atom stereocenters. The number of carbonyl (C=O) groups excluding carboxylic acids is 4. The van der Waals surface area contributed by atoms with Crippen molar-refractivity contribution in [2.45, 2.75) is 114 Å². The smallest absolute Gasteiger partial charge is 0.317 e. The molecule has 9 aromatic carbocycles. The number of fused-ring (bicyclic) bond motifs is 4. The third-order valence-corrected chi connectivity index (χ3v) is 18.9. The predicted octanol–water partition coefficient (Wildman–Crippen LogP) is 20.4. The van der Waals surface area contributed by atoms with Crippen LogP contribution >= 0.6 is 35.6 Å². The number of carbonyl (C=O) groups is 4. The number of halogens is 2. The number of anilines is 2. The van der Waals surface area contributed by atoms with E-state index < -0.39 is 0 Å². The van der Waals surface area contributed by atoms with Crippen molar-refractivity contribution in [3.8, 4) is 78.9 Å². The Morgan fingerprint density at radius 2 is 0.660 bits per heavy atom. The highest BCUT2D eigenvalue weighted by molar-refractivity contribution is 14.0. The SMILES string of the molecule is C.CC(C)COc1ccc(-c2ccc(-c3ccc(OCC(C)C)cc3)c3nn(-c4ccc(N)cc4)nc23)cc1.CC(C)COc1ccc(-c2ccc(-c3ccc(OCC(C)C)cc3)c3nn(-c4ccc(N5C(=O)C6CCCCC6C5=O)cc4)nc23)cc1.Clc1ccccc1.I.O=C1OC(=O)C2CCCCC12. The zero-order valence-corrected chi connectivity index (χ0v) is 63.9. The molecule has 2 saturated carbocycles. The molecule has 0 bridgehead atoms. The van der Waals surface area contributed by atoms with Gasteiger partial charge < -0.3 is 29.4 Å². The first-order chi connectivity index (χ1) is 50.3. The van der Waals surface area contributed by atoms with Gasteiger partial charge in [0.05, 0.1) is 67.2 Å². The average Bonchev–Trinajstić information content (AvgIpc) is 1.58. The lowest BCUT2D eigenvalue weighted by Crippen LogP contribution is -2.30. The summed E-state index contributed by atoms with van der Waals surface area (Å²) in [5, 5.41) is 20.7. The number of nitrogens with two attached hydrogens (primary N) is 1. The highest BCUT2D eigenvalue weighted by atomic mass is 127. The summed E-state index contributed by atoms with van der Waals surface area (Å²) in [5.41, 5.74) is 20.1. The number of esters is 2. The minimum Gasteiger partial charge on any atom is -0.493 e. The maximum Gasteiger partial charge on any atom is 0.317 e. The second-order valence-corrected chi connectivity index (χ2v) is 29.2. The molecule has 552 valence electrons. The highest BCUT2D eigenvalue weighted by Crippen LogP contribution is 2.42. The van der Waals surface area contributed by atoms with Gasteiger partial charge in [-0.3, -0.25) is 24.1 Å². The predicted molar refractivity (Wildman–Crippen MR) is 433 cm³/mol. The molecule has 2 saturated heterocycles. The standard InChI is InChI=1S/C40H42N4O4.C32H34N4O2.C8H10O3.C6H5Cl.CH4.HI/c1-25(2)23-47-31-17-9-27(10-18-31)33-21-22-34(28-11-19-32(20-12-28)48-24-26(3)4)38-37(33)41-44(42-38)30-15-13-29(14-16-30)43-39(45)35-7-5-6-8-36(35)40(43)46;1-21(2)19-37-27-13-5-23(6-14-27)29-17-18-30(24-7-15-28(16-8-24)38-20-22(3)4)32-31(29)34-36(35-32)26-11-9-25(33)10-12-26;9-7-5-3-1-2-4-6(5)8(10)11-7;7-6-4-2-1-3-5-6;;/h9-22,25-26,35-36H,5-8,23-24H2,1-4H3;5-18,21-22H,19-20,33H2,1-4H3;5-6H,1-4H2;1-5H;1H4;1H. The fourth-order valence-corrected chi connectivity index (χ4v) is 13.4. The molecule has 2 N–H and O–H groups in total. The van der Waals surface area contributed by atoms with E-state index >= 15 is 0 Å². The average molecular weight is 1560 g/mol. The number of aromatic nitrogens is 6. The van der Waals surface area contributed by atoms with Gasteiger partial charge in [-0.2, -0.15) is 9.59 Å². The Morgan fingerprint density at radius 3 is 0.934 bits per heavy atom. The Labute approximate surface area is 644 Å². The number of ether oxygens (including phenoxy) is 5. The van der Waals surface area contributed by atoms with E-state index in [-0.39, 0.29) is 78.8 Å². The molecule has 106 heavy (non-hydrogen) atoms. The fraction of sp³-hybridized carbons (Fsp3) is 0.333. The molecular formula is C87H96ClIN8O9. The van der Waals surface area contributed by atoms with Gasteiger partial charge in [-0.1, -0.05) is 191 Å². The third-order valence-electron chi connectivity index (χ3n) is 18.7. The van der Waals surface area contributed by atoms with E-state index in [1.165, 1.54) is 4.90 Å². The van der Waals surface area contributed by atoms with Gasteiger partial charge in [0.2, 0.25) is 11.8 Å². The molecule has 4 unspecified atom stereocenters. The largest absolute Gasteiger partial charge is 0.493 e. The van der Waals surface area contributed by atoms with Gasteiger partial charge in [0.1, 0.15) is 45.1 Å². The van der Waals surface area contributed by atoms with Crippen LogP contribution in [0.15, 0.2) is 200 Å². The number of benzene rings is 9. The quantitative estimate of drug-likeness (QED) is 0.0263. The van der Waals surface area contributed by atoms with Gasteiger partial charge in [0, 0.05) is 33.0 Å². The van der Waals surface area contributed by atoms with Crippen molar-refractivity contribution in [3.05, 3.63) is 205 Å². The second-order valence-electron chi connectivity index (χ2n) is 28.8. The van der Waals surface area contributed by atoms with Gasteiger partial charge in [-0.05, 0) is 181 Å². The molecule has 4 fully saturated rings. The first kappa shape index (κ1) is 78.7. The van der Waals surface area contributed by atoms with Crippen LogP contribution in [0.4, 0.5) is 11.4 Å². The van der Waals surface area contributed by atoms with Crippen molar-refractivity contribution < 1.29 is 42.9 Å². The Bertz CT molecular complexity index is 4510. The van der Waals surface area contributed by atoms with E-state index in [9.17, 15) is 19.2 Å². The minimum absolute atomic E-state index is 0. The fourth-order valence-electron chi connectivity index (χ4n) is 13.2. The summed E-state index contributed by atoms with van der Waals surface area (Å²) in [4.78, 5) is 53.1. The summed E-state index contributed by atoms with van der Waals surface area (Å²) in [6.07, 6.45) is 7.39. The van der Waals surface area contributed by atoms with E-state index in [2.05, 4.69) is 133 Å². The molecule has 19 heteroatoms. The first-order valence-electron chi connectivity index (χ1n) is 36.4. The molecule has 4 heterocycles. The molecule has 2 amide bonds. The minimum atomic E-state index is -0.292. The zero-order chi connectivity index (χ0) is 73.0. The summed E-state index contributed by atoms with van der Waals surface area (Å²) < 4.78 is 28.1. The molecular weight excluding hydrogens is 1460 g/mol. The highest BCUT2D eigenvalue weighted by Gasteiger charge is 2.49. The van der Waals surface area contributed by atoms with Crippen molar-refractivity contribution >= 4 is 92.8 Å². The van der Waals surface area contributed by atoms with Crippen LogP contribution in [0, 0.1) is 47.3 Å². The number of hydrogen-bond donors (Lipinski definition) is 1. The van der Waals surface area contributed by atoms with Gasteiger partial charge in [0.15, 0.2) is 0 Å². The van der Waals surface area contributed by atoms with Crippen molar-refractivity contribution in [1.29, 1.82) is 0 Å². The summed E-state index contributed by atoms with van der Waals surface area (Å²) in [5.74, 6) is 3.91. The summed E-state index contributed by atoms with van der Waals surface area (Å²) in [7, 11) is 0. The number of rotatable bonds is 19. The van der Waals surface area contributed by atoms with E-state index in [0.717, 1.165) is 157 Å². The van der Waals surface area contributed by atoms with Crippen LogP contribution in [-0.2, 0) is 23.9 Å². The maximum atomic E-state index is 13.2. The lowest BCUT2D eigenvalue weighted by Gasteiger charge is -2.19. The molecule has 2 aliphatic carbocycles. The van der Waals surface area contributed by atoms with Gasteiger partial charge in [-0.25, -0.2) is 0 Å². The van der Waals surface area contributed by atoms with Crippen LogP contribution in [-0.4, -0.2) is 80.2 Å². The van der Waals surface area contributed by atoms with E-state index in [4.69, 9.17) is 56.7 Å². The van der Waals surface area contributed by atoms with E-state index in [1.54, 1.807) is 9.59 Å². The monoisotopic (exact) mass is 1560 g/mol. The van der Waals surface area contributed by atoms with Crippen LogP contribution in [0.1, 0.15) is 114 Å². The van der Waals surface area contributed by atoms with Crippen LogP contribution in [0.5, 0.6) is 23.0 Å².